The summed E-state index contributed by atoms with van der Waals surface area (Å²) in [6.45, 7) is 0. The van der Waals surface area contributed by atoms with Gasteiger partial charge < -0.3 is 9.15 Å². The highest BCUT2D eigenvalue weighted by Crippen LogP contribution is 2.64. The molecule has 3 rings (SSSR count). The van der Waals surface area contributed by atoms with Crippen LogP contribution in [0.2, 0.25) is 0 Å². The number of benzene rings is 2. The Bertz CT molecular complexity index is 783. The van der Waals surface area contributed by atoms with Gasteiger partial charge in [0.25, 0.3) is 5.22 Å². The molecule has 0 saturated carbocycles. The molecule has 0 saturated heterocycles. The van der Waals surface area contributed by atoms with E-state index in [1.165, 1.54) is 11.4 Å². The van der Waals surface area contributed by atoms with Gasteiger partial charge in [-0.05, 0) is 47.8 Å². The number of aromatic nitrogens is 1. The second-order valence-electron chi connectivity index (χ2n) is 4.26. The Hall–Kier alpha value is -0.940. The summed E-state index contributed by atoms with van der Waals surface area (Å²) in [5.41, 5.74) is 1.59. The Kier molecular flexibility index (Phi) is 4.31. The van der Waals surface area contributed by atoms with Gasteiger partial charge in [0.15, 0.2) is 5.58 Å². The van der Waals surface area contributed by atoms with Crippen molar-refractivity contribution in [2.75, 3.05) is 7.11 Å². The zero-order valence-electron chi connectivity index (χ0n) is 11.1. The molecule has 3 aromatic rings. The predicted molar refractivity (Wildman–Crippen MR) is 95.8 cm³/mol. The minimum atomic E-state index is -2.12. The van der Waals surface area contributed by atoms with Crippen LogP contribution in [0.1, 0.15) is 0 Å². The highest BCUT2D eigenvalue weighted by molar-refractivity contribution is 8.98. The Labute approximate surface area is 137 Å². The number of oxazole rings is 1. The lowest BCUT2D eigenvalue weighted by Gasteiger charge is -2.13. The van der Waals surface area contributed by atoms with Gasteiger partial charge in [-0.1, -0.05) is 23.9 Å². The maximum Gasteiger partial charge on any atom is 0.262 e. The summed E-state index contributed by atoms with van der Waals surface area (Å²) in [6, 6.07) is 15.3. The van der Waals surface area contributed by atoms with Crippen molar-refractivity contribution in [3.05, 3.63) is 48.5 Å². The number of hydrogen-bond acceptors (Lipinski definition) is 5. The monoisotopic (exact) mass is 353 g/mol. The zero-order valence-corrected chi connectivity index (χ0v) is 14.5. The van der Waals surface area contributed by atoms with E-state index in [4.69, 9.17) is 21.0 Å². The van der Waals surface area contributed by atoms with Crippen molar-refractivity contribution in [3.63, 3.8) is 0 Å². The summed E-state index contributed by atoms with van der Waals surface area (Å²) in [7, 11) is 1.64. The molecule has 1 heterocycles. The molecule has 0 amide bonds. The van der Waals surface area contributed by atoms with E-state index in [1.807, 2.05) is 48.5 Å². The fourth-order valence-corrected chi connectivity index (χ4v) is 6.45. The third-order valence-corrected chi connectivity index (χ3v) is 8.98. The standard InChI is InChI=1S/C14H12NO2PS3/c1-16-10-6-8-11(9-7-10)18(19,20)21-14-15-12-4-2-3-5-13(12)17-14/h2-9H,1H3,(H,19,20). The van der Waals surface area contributed by atoms with Crippen molar-refractivity contribution in [2.45, 2.75) is 5.22 Å². The molecular weight excluding hydrogens is 341 g/mol. The van der Waals surface area contributed by atoms with Gasteiger partial charge in [0, 0.05) is 5.30 Å². The van der Waals surface area contributed by atoms with Gasteiger partial charge in [-0.15, -0.1) is 12.2 Å². The summed E-state index contributed by atoms with van der Waals surface area (Å²) < 4.78 is 8.75. The molecule has 3 nitrogen and oxygen atoms in total. The Morgan fingerprint density at radius 2 is 1.90 bits per heavy atom. The van der Waals surface area contributed by atoms with Crippen molar-refractivity contribution in [1.82, 2.24) is 4.98 Å². The first-order chi connectivity index (χ1) is 10.1. The minimum absolute atomic E-state index is 0.561. The van der Waals surface area contributed by atoms with Crippen molar-refractivity contribution in [3.8, 4) is 5.75 Å². The second kappa shape index (κ2) is 6.05. The van der Waals surface area contributed by atoms with E-state index in [0.29, 0.717) is 5.22 Å². The van der Waals surface area contributed by atoms with E-state index in [9.17, 15) is 0 Å². The average Bonchev–Trinajstić information content (AvgIpc) is 2.88. The van der Waals surface area contributed by atoms with E-state index < -0.39 is 4.44 Å². The predicted octanol–water partition coefficient (Wildman–Crippen LogP) is 4.49. The smallest absolute Gasteiger partial charge is 0.262 e. The Morgan fingerprint density at radius 1 is 1.19 bits per heavy atom. The van der Waals surface area contributed by atoms with Crippen molar-refractivity contribution in [2.24, 2.45) is 0 Å². The Morgan fingerprint density at radius 3 is 2.57 bits per heavy atom. The van der Waals surface area contributed by atoms with Crippen LogP contribution < -0.4 is 10.0 Å². The first kappa shape index (κ1) is 15.0. The maximum atomic E-state index is 5.71. The van der Waals surface area contributed by atoms with Crippen LogP contribution in [0.4, 0.5) is 0 Å². The summed E-state index contributed by atoms with van der Waals surface area (Å²) in [5, 5.41) is 1.55. The molecule has 0 bridgehead atoms. The lowest BCUT2D eigenvalue weighted by atomic mass is 10.3. The van der Waals surface area contributed by atoms with Crippen LogP contribution in [-0.4, -0.2) is 12.1 Å². The molecule has 0 spiro atoms. The van der Waals surface area contributed by atoms with Gasteiger partial charge >= 0.3 is 0 Å². The van der Waals surface area contributed by atoms with Gasteiger partial charge in [0.05, 0.1) is 11.6 Å². The molecule has 0 N–H and O–H groups in total. The van der Waals surface area contributed by atoms with Crippen molar-refractivity contribution >= 4 is 56.3 Å². The molecule has 21 heavy (non-hydrogen) atoms. The highest BCUT2D eigenvalue weighted by Gasteiger charge is 2.20. The van der Waals surface area contributed by atoms with Gasteiger partial charge in [0.2, 0.25) is 0 Å². The fourth-order valence-electron chi connectivity index (χ4n) is 1.82. The molecule has 0 aliphatic carbocycles. The lowest BCUT2D eigenvalue weighted by molar-refractivity contribution is 0.415. The fraction of sp³-hybridized carbons (Fsp3) is 0.0714. The highest BCUT2D eigenvalue weighted by atomic mass is 33.2. The van der Waals surface area contributed by atoms with E-state index in [0.717, 1.165) is 22.2 Å². The topological polar surface area (TPSA) is 35.3 Å². The van der Waals surface area contributed by atoms with Gasteiger partial charge in [-0.2, -0.15) is 0 Å². The number of hydrogen-bond donors (Lipinski definition) is 1. The number of nitrogens with zero attached hydrogens (tertiary/aromatic N) is 1. The summed E-state index contributed by atoms with van der Waals surface area (Å²) in [5.74, 6) is 0.800. The molecule has 108 valence electrons. The normalized spacial score (nSPS) is 14.0. The molecule has 1 aromatic heterocycles. The third kappa shape index (κ3) is 3.29. The Balaban J connectivity index is 1.89. The van der Waals surface area contributed by atoms with Gasteiger partial charge in [-0.25, -0.2) is 4.98 Å². The number of rotatable bonds is 4. The molecule has 0 fully saturated rings. The molecule has 7 heteroatoms. The van der Waals surface area contributed by atoms with Crippen molar-refractivity contribution in [1.29, 1.82) is 0 Å². The largest absolute Gasteiger partial charge is 0.497 e. The van der Waals surface area contributed by atoms with Crippen LogP contribution >= 0.6 is 28.1 Å². The van der Waals surface area contributed by atoms with Crippen LogP contribution in [0.15, 0.2) is 58.2 Å². The van der Waals surface area contributed by atoms with E-state index in [1.54, 1.807) is 7.11 Å². The number of thiol groups is 1. The maximum absolute atomic E-state index is 5.71. The second-order valence-corrected chi connectivity index (χ2v) is 14.3. The van der Waals surface area contributed by atoms with Crippen molar-refractivity contribution < 1.29 is 9.15 Å². The number of ether oxygens (including phenoxy) is 1. The molecular formula is C14H12NO2PS3. The van der Waals surface area contributed by atoms with Crippen LogP contribution in [0.25, 0.3) is 11.1 Å². The zero-order chi connectivity index (χ0) is 14.9. The molecule has 0 aliphatic rings. The molecule has 2 aromatic carbocycles. The summed E-state index contributed by atoms with van der Waals surface area (Å²) in [4.78, 5) is 4.44. The van der Waals surface area contributed by atoms with Gasteiger partial charge in [-0.3, -0.25) is 0 Å². The van der Waals surface area contributed by atoms with Crippen LogP contribution in [0, 0.1) is 0 Å². The molecule has 1 unspecified atom stereocenters. The van der Waals surface area contributed by atoms with Crippen LogP contribution in [-0.2, 0) is 11.8 Å². The number of fused-ring (bicyclic) bond motifs is 1. The quantitative estimate of drug-likeness (QED) is 0.552. The lowest BCUT2D eigenvalue weighted by Crippen LogP contribution is -1.97. The third-order valence-electron chi connectivity index (χ3n) is 2.87. The number of para-hydroxylation sites is 2. The van der Waals surface area contributed by atoms with Gasteiger partial charge in [0.1, 0.15) is 11.3 Å². The molecule has 1 atom stereocenters. The van der Waals surface area contributed by atoms with E-state index >= 15 is 0 Å². The first-order valence-electron chi connectivity index (χ1n) is 6.11. The minimum Gasteiger partial charge on any atom is -0.497 e. The molecule has 0 radical (unpaired) electrons. The van der Waals surface area contributed by atoms with E-state index in [2.05, 4.69) is 17.2 Å². The van der Waals surface area contributed by atoms with Crippen LogP contribution in [0.3, 0.4) is 0 Å². The van der Waals surface area contributed by atoms with E-state index in [-0.39, 0.29) is 0 Å². The number of methoxy groups -OCH3 is 1. The first-order valence-corrected chi connectivity index (χ1v) is 11.5. The SMILES string of the molecule is COc1ccc(P(=S)(S)Sc2nc3ccccc3o2)cc1. The molecule has 0 aliphatic heterocycles. The van der Waals surface area contributed by atoms with Crippen LogP contribution in [0.5, 0.6) is 5.75 Å². The summed E-state index contributed by atoms with van der Waals surface area (Å²) in [6.07, 6.45) is 0. The average molecular weight is 353 g/mol. The summed E-state index contributed by atoms with van der Waals surface area (Å²) >= 11 is 11.8.